The maximum atomic E-state index is 4.55. The molecule has 0 fully saturated rings. The average molecular weight is 778 g/mol. The van der Waals surface area contributed by atoms with Crippen LogP contribution in [-0.4, -0.2) is 26.7 Å². The van der Waals surface area contributed by atoms with Crippen molar-refractivity contribution < 1.29 is 0 Å². The number of allylic oxidation sites excluding steroid dienone is 15. The lowest BCUT2D eigenvalue weighted by Crippen LogP contribution is -2.48. The van der Waals surface area contributed by atoms with Gasteiger partial charge in [-0.3, -0.25) is 0 Å². The van der Waals surface area contributed by atoms with Gasteiger partial charge >= 0.3 is 0 Å². The van der Waals surface area contributed by atoms with Crippen LogP contribution in [0.3, 0.4) is 0 Å². The molecule has 0 saturated heterocycles. The van der Waals surface area contributed by atoms with Crippen molar-refractivity contribution in [1.82, 2.24) is 0 Å². The molecule has 0 atom stereocenters. The van der Waals surface area contributed by atoms with Gasteiger partial charge in [0, 0.05) is 0 Å². The lowest BCUT2D eigenvalue weighted by atomic mass is 9.39. The highest BCUT2D eigenvalue weighted by Crippen LogP contribution is 2.30. The number of hydrogen-bond donors (Lipinski definition) is 2. The first-order chi connectivity index (χ1) is 27.9. The van der Waals surface area contributed by atoms with Crippen molar-refractivity contribution in [1.29, 1.82) is 0 Å². The average Bonchev–Trinajstić information content (AvgIpc) is 3.61. The Balaban J connectivity index is 0.00000135. The summed E-state index contributed by atoms with van der Waals surface area (Å²) in [7, 11) is 1.50. The van der Waals surface area contributed by atoms with Crippen molar-refractivity contribution in [3.05, 3.63) is 249 Å². The van der Waals surface area contributed by atoms with E-state index in [1.165, 1.54) is 45.6 Å². The Bertz CT molecular complexity index is 2190. The highest BCUT2D eigenvalue weighted by atomic mass is 32.1. The lowest BCUT2D eigenvalue weighted by Gasteiger charge is -2.16. The second-order valence-electron chi connectivity index (χ2n) is 13.6. The van der Waals surface area contributed by atoms with Crippen LogP contribution in [0, 0.1) is 0 Å². The number of rotatable bonds is 15. The van der Waals surface area contributed by atoms with Crippen molar-refractivity contribution in [2.24, 2.45) is 5.73 Å². The second kappa shape index (κ2) is 24.8. The van der Waals surface area contributed by atoms with Gasteiger partial charge in [-0.2, -0.15) is 12.6 Å². The zero-order chi connectivity index (χ0) is 43.4. The second-order valence-corrected chi connectivity index (χ2v) is 13.6. The first-order valence-corrected chi connectivity index (χ1v) is 20.3. The molecule has 0 aliphatic carbocycles. The molecule has 294 valence electrons. The monoisotopic (exact) mass is 777 g/mol. The van der Waals surface area contributed by atoms with E-state index >= 15 is 0 Å². The maximum absolute atomic E-state index is 4.55. The van der Waals surface area contributed by atoms with Crippen LogP contribution < -0.4 is 27.6 Å². The molecule has 0 radical (unpaired) electrons. The Morgan fingerprint density at radius 2 is 1.12 bits per heavy atom. The zero-order valence-electron chi connectivity index (χ0n) is 35.5. The number of thiol groups is 1. The van der Waals surface area contributed by atoms with Gasteiger partial charge in [0.25, 0.3) is 0 Å². The quantitative estimate of drug-likeness (QED) is 0.0618. The van der Waals surface area contributed by atoms with Crippen molar-refractivity contribution in [3.63, 3.8) is 0 Å². The predicted octanol–water partition coefficient (Wildman–Crippen LogP) is 11.2. The molecular weight excluding hydrogens is 716 g/mol. The summed E-state index contributed by atoms with van der Waals surface area (Å²) in [6, 6.07) is 34.9. The van der Waals surface area contributed by atoms with E-state index in [4.69, 9.17) is 0 Å². The Morgan fingerprint density at radius 1 is 0.638 bits per heavy atom. The van der Waals surface area contributed by atoms with Crippen LogP contribution >= 0.6 is 12.6 Å². The van der Waals surface area contributed by atoms with Crippen LogP contribution in [0.4, 0.5) is 0 Å². The zero-order valence-corrected chi connectivity index (χ0v) is 36.4. The molecule has 1 aliphatic rings. The van der Waals surface area contributed by atoms with Crippen LogP contribution in [0.2, 0.25) is 6.82 Å². The molecule has 4 aromatic carbocycles. The molecule has 2 N–H and O–H groups in total. The standard InChI is InChI=1S/C48H46B2.C4H6.CH5N.CH4S/c1-11-40-18-12-15-21-46(40)49(10)38(8)27-26-36(6)39(9)45(32-37(7)35(5)25-24-34(4)33(2)3)41-28-30-42(31-29-41)50-47-22-16-13-19-43(47)44-20-14-17-23-48(44)50;1-3-4-2;2*1-2/h12-32H,2,4-9,11H2,1,3,10H3;3-4H,1-2H2;2H2,1H3;2H,1H3/b25-24-,27-26-,45-32+;;;. The minimum absolute atomic E-state index is 0.178. The topological polar surface area (TPSA) is 26.0 Å². The van der Waals surface area contributed by atoms with Crippen molar-refractivity contribution in [3.8, 4) is 11.1 Å². The highest BCUT2D eigenvalue weighted by molar-refractivity contribution is 7.79. The number of hydrogen-bond acceptors (Lipinski definition) is 2. The Morgan fingerprint density at radius 3 is 1.64 bits per heavy atom. The number of fused-ring (bicyclic) bond motifs is 3. The molecule has 5 rings (SSSR count). The van der Waals surface area contributed by atoms with Gasteiger partial charge in [0.15, 0.2) is 0 Å². The third kappa shape index (κ3) is 12.6. The number of nitrogens with two attached hydrogens (primary N) is 1. The van der Waals surface area contributed by atoms with Crippen molar-refractivity contribution in [2.75, 3.05) is 13.3 Å². The van der Waals surface area contributed by atoms with Crippen LogP contribution in [0.5, 0.6) is 0 Å². The molecular formula is C54H61B2NS. The van der Waals surface area contributed by atoms with Crippen molar-refractivity contribution >= 4 is 53.5 Å². The molecule has 1 nitrogen and oxygen atoms in total. The van der Waals surface area contributed by atoms with E-state index in [2.05, 4.69) is 201 Å². The summed E-state index contributed by atoms with van der Waals surface area (Å²) >= 11 is 3.53. The molecule has 0 unspecified atom stereocenters. The SMILES string of the molecule is C=C(/C=C\C(=C)C(=C)/C(=C\C(=C)C(=C)/C=C\C(=C)C(=C)C)c1ccc(B2c3ccccc3-c3ccccc32)cc1)B(C)c1ccccc1CC.C=CC=C.CN.CS. The van der Waals surface area contributed by atoms with Crippen molar-refractivity contribution in [2.45, 2.75) is 27.1 Å². The maximum Gasteiger partial charge on any atom is 0.242 e. The van der Waals surface area contributed by atoms with Crippen LogP contribution in [0.1, 0.15) is 25.0 Å². The van der Waals surface area contributed by atoms with E-state index < -0.39 is 0 Å². The van der Waals surface area contributed by atoms with E-state index in [0.29, 0.717) is 0 Å². The largest absolute Gasteiger partial charge is 0.333 e. The summed E-state index contributed by atoms with van der Waals surface area (Å²) < 4.78 is 0. The molecule has 0 spiro atoms. The van der Waals surface area contributed by atoms with Gasteiger partial charge in [-0.25, -0.2) is 0 Å². The summed E-state index contributed by atoms with van der Waals surface area (Å²) in [6.07, 6.45) is 16.0. The van der Waals surface area contributed by atoms with E-state index in [0.717, 1.165) is 56.5 Å². The van der Waals surface area contributed by atoms with Gasteiger partial charge in [-0.1, -0.05) is 238 Å². The fourth-order valence-corrected chi connectivity index (χ4v) is 6.54. The summed E-state index contributed by atoms with van der Waals surface area (Å²) in [5.41, 5.74) is 21.6. The van der Waals surface area contributed by atoms with E-state index in [1.807, 2.05) is 25.2 Å². The molecule has 4 heteroatoms. The van der Waals surface area contributed by atoms with Gasteiger partial charge in [-0.15, -0.1) is 6.58 Å². The molecule has 58 heavy (non-hydrogen) atoms. The molecule has 0 amide bonds. The summed E-state index contributed by atoms with van der Waals surface area (Å²) in [5.74, 6) is 0. The minimum atomic E-state index is 0.178. The van der Waals surface area contributed by atoms with Crippen LogP contribution in [0.25, 0.3) is 16.7 Å². The van der Waals surface area contributed by atoms with Gasteiger partial charge in [0.1, 0.15) is 0 Å². The lowest BCUT2D eigenvalue weighted by molar-refractivity contribution is 1.15. The van der Waals surface area contributed by atoms with Gasteiger partial charge < -0.3 is 5.73 Å². The molecule has 1 heterocycles. The fourth-order valence-electron chi connectivity index (χ4n) is 6.54. The Kier molecular flexibility index (Phi) is 20.6. The molecule has 0 bridgehead atoms. The number of aryl methyl sites for hydroxylation is 1. The smallest absolute Gasteiger partial charge is 0.242 e. The highest BCUT2D eigenvalue weighted by Gasteiger charge is 2.32. The molecule has 0 aromatic heterocycles. The third-order valence-electron chi connectivity index (χ3n) is 9.99. The predicted molar refractivity (Wildman–Crippen MR) is 271 cm³/mol. The summed E-state index contributed by atoms with van der Waals surface area (Å²) in [4.78, 5) is 0. The van der Waals surface area contributed by atoms with E-state index in [1.54, 1.807) is 18.4 Å². The van der Waals surface area contributed by atoms with Crippen LogP contribution in [0.15, 0.2) is 238 Å². The summed E-state index contributed by atoms with van der Waals surface area (Å²) in [6.45, 7) is 43.6. The third-order valence-corrected chi connectivity index (χ3v) is 9.99. The molecule has 1 aliphatic heterocycles. The fraction of sp³-hybridized carbons (Fsp3) is 0.111. The van der Waals surface area contributed by atoms with Gasteiger partial charge in [0.05, 0.1) is 0 Å². The normalized spacial score (nSPS) is 10.9. The Hall–Kier alpha value is -5.80. The van der Waals surface area contributed by atoms with Crippen LogP contribution in [-0.2, 0) is 6.42 Å². The first-order valence-electron chi connectivity index (χ1n) is 19.4. The van der Waals surface area contributed by atoms with Gasteiger partial charge in [-0.05, 0) is 82.9 Å². The van der Waals surface area contributed by atoms with Gasteiger partial charge in [0.2, 0.25) is 13.4 Å². The minimum Gasteiger partial charge on any atom is -0.333 e. The van der Waals surface area contributed by atoms with E-state index in [-0.39, 0.29) is 13.4 Å². The number of benzene rings is 4. The Labute approximate surface area is 357 Å². The van der Waals surface area contributed by atoms with E-state index in [9.17, 15) is 0 Å². The summed E-state index contributed by atoms with van der Waals surface area (Å²) in [5, 5.41) is 0. The molecule has 0 saturated carbocycles. The first kappa shape index (κ1) is 48.3. The molecule has 4 aromatic rings.